The van der Waals surface area contributed by atoms with Crippen molar-refractivity contribution >= 4 is 21.7 Å². The second kappa shape index (κ2) is 7.88. The number of methoxy groups -OCH3 is 1. The molecule has 0 unspecified atom stereocenters. The fourth-order valence-electron chi connectivity index (χ4n) is 3.11. The van der Waals surface area contributed by atoms with E-state index in [-0.39, 0.29) is 17.5 Å². The van der Waals surface area contributed by atoms with Gasteiger partial charge in [0, 0.05) is 17.2 Å². The van der Waals surface area contributed by atoms with Gasteiger partial charge in [-0.15, -0.1) is 0 Å². The normalized spacial score (nSPS) is 15.0. The third kappa shape index (κ3) is 4.42. The van der Waals surface area contributed by atoms with Crippen molar-refractivity contribution in [2.45, 2.75) is 31.7 Å². The Balaban J connectivity index is 1.81. The number of carbonyl (C=O) groups excluding carboxylic acids is 1. The van der Waals surface area contributed by atoms with E-state index in [0.29, 0.717) is 16.9 Å². The highest BCUT2D eigenvalue weighted by molar-refractivity contribution is 7.90. The largest absolute Gasteiger partial charge is 0.497 e. The van der Waals surface area contributed by atoms with Crippen molar-refractivity contribution in [2.75, 3.05) is 11.8 Å². The van der Waals surface area contributed by atoms with E-state index in [1.807, 2.05) is 0 Å². The summed E-state index contributed by atoms with van der Waals surface area (Å²) in [6.07, 6.45) is 3.74. The fourth-order valence-corrected chi connectivity index (χ4v) is 4.31. The number of anilines is 1. The Morgan fingerprint density at radius 3 is 2.35 bits per heavy atom. The molecule has 7 heteroatoms. The molecular weight excluding hydrogens is 352 g/mol. The van der Waals surface area contributed by atoms with E-state index in [0.717, 1.165) is 25.7 Å². The summed E-state index contributed by atoms with van der Waals surface area (Å²) in [6, 6.07) is 13.3. The number of ether oxygens (including phenoxy) is 1. The van der Waals surface area contributed by atoms with Crippen molar-refractivity contribution in [2.24, 2.45) is 0 Å². The van der Waals surface area contributed by atoms with Crippen LogP contribution in [0.2, 0.25) is 0 Å². The van der Waals surface area contributed by atoms with Gasteiger partial charge in [0.2, 0.25) is 0 Å². The summed E-state index contributed by atoms with van der Waals surface area (Å²) in [5, 5.41) is 0. The van der Waals surface area contributed by atoms with Crippen molar-refractivity contribution in [1.29, 1.82) is 0 Å². The predicted octanol–water partition coefficient (Wildman–Crippen LogP) is 3.12. The van der Waals surface area contributed by atoms with E-state index < -0.39 is 10.2 Å². The van der Waals surface area contributed by atoms with Crippen LogP contribution in [0, 0.1) is 0 Å². The highest BCUT2D eigenvalue weighted by atomic mass is 32.2. The molecule has 138 valence electrons. The maximum atomic E-state index is 12.8. The standard InChI is InChI=1S/C19H22N2O4S/c1-25-16-12-10-14(11-13-16)19(22)17-8-4-5-9-18(17)21-26(23,24)20-15-6-2-3-7-15/h4-5,8-13,15,20-21H,2-3,6-7H2,1H3. The Hall–Kier alpha value is -2.38. The first-order chi connectivity index (χ1) is 12.5. The summed E-state index contributed by atoms with van der Waals surface area (Å²) in [5.74, 6) is 0.392. The summed E-state index contributed by atoms with van der Waals surface area (Å²) in [7, 11) is -2.19. The molecule has 1 saturated carbocycles. The Bertz CT molecular complexity index is 873. The quantitative estimate of drug-likeness (QED) is 0.729. The van der Waals surface area contributed by atoms with Crippen LogP contribution in [0.5, 0.6) is 5.75 Å². The molecule has 0 saturated heterocycles. The number of nitrogens with one attached hydrogen (secondary N) is 2. The zero-order valence-corrected chi connectivity index (χ0v) is 15.4. The maximum absolute atomic E-state index is 12.8. The van der Waals surface area contributed by atoms with Crippen LogP contribution in [0.1, 0.15) is 41.6 Å². The monoisotopic (exact) mass is 374 g/mol. The van der Waals surface area contributed by atoms with Gasteiger partial charge in [-0.1, -0.05) is 25.0 Å². The Kier molecular flexibility index (Phi) is 5.58. The molecule has 0 bridgehead atoms. The lowest BCUT2D eigenvalue weighted by atomic mass is 10.0. The topological polar surface area (TPSA) is 84.5 Å². The van der Waals surface area contributed by atoms with Crippen LogP contribution in [0.25, 0.3) is 0 Å². The molecule has 2 aromatic carbocycles. The minimum atomic E-state index is -3.74. The van der Waals surface area contributed by atoms with Crippen molar-refractivity contribution in [3.63, 3.8) is 0 Å². The van der Waals surface area contributed by atoms with Crippen molar-refractivity contribution in [3.05, 3.63) is 59.7 Å². The molecular formula is C19H22N2O4S. The van der Waals surface area contributed by atoms with E-state index in [4.69, 9.17) is 4.74 Å². The minimum absolute atomic E-state index is 0.0445. The van der Waals surface area contributed by atoms with Gasteiger partial charge >= 0.3 is 0 Å². The number of rotatable bonds is 7. The summed E-state index contributed by atoms with van der Waals surface area (Å²) in [6.45, 7) is 0. The zero-order chi connectivity index (χ0) is 18.6. The van der Waals surface area contributed by atoms with Crippen LogP contribution in [-0.2, 0) is 10.2 Å². The van der Waals surface area contributed by atoms with E-state index in [2.05, 4.69) is 9.44 Å². The van der Waals surface area contributed by atoms with Crippen molar-refractivity contribution in [3.8, 4) is 5.75 Å². The summed E-state index contributed by atoms with van der Waals surface area (Å²) < 4.78 is 35.1. The number of carbonyl (C=O) groups is 1. The third-order valence-corrected chi connectivity index (χ3v) is 5.58. The van der Waals surface area contributed by atoms with E-state index >= 15 is 0 Å². The lowest BCUT2D eigenvalue weighted by Crippen LogP contribution is -2.37. The second-order valence-electron chi connectivity index (χ2n) is 6.31. The average Bonchev–Trinajstić information content (AvgIpc) is 3.13. The smallest absolute Gasteiger partial charge is 0.299 e. The van der Waals surface area contributed by atoms with E-state index in [1.165, 1.54) is 0 Å². The third-order valence-electron chi connectivity index (χ3n) is 4.45. The molecule has 26 heavy (non-hydrogen) atoms. The Labute approximate surface area is 153 Å². The van der Waals surface area contributed by atoms with Gasteiger partial charge < -0.3 is 4.74 Å². The molecule has 0 aliphatic heterocycles. The van der Waals surface area contributed by atoms with Gasteiger partial charge in [-0.05, 0) is 49.2 Å². The van der Waals surface area contributed by atoms with Crippen LogP contribution in [0.4, 0.5) is 5.69 Å². The first-order valence-electron chi connectivity index (χ1n) is 8.56. The summed E-state index contributed by atoms with van der Waals surface area (Å²) in [4.78, 5) is 12.8. The summed E-state index contributed by atoms with van der Waals surface area (Å²) >= 11 is 0. The first kappa shape index (κ1) is 18.4. The molecule has 1 aliphatic carbocycles. The summed E-state index contributed by atoms with van der Waals surface area (Å²) in [5.41, 5.74) is 1.02. The molecule has 1 aliphatic rings. The second-order valence-corrected chi connectivity index (χ2v) is 7.75. The van der Waals surface area contributed by atoms with Gasteiger partial charge in [-0.25, -0.2) is 0 Å². The lowest BCUT2D eigenvalue weighted by Gasteiger charge is -2.16. The highest BCUT2D eigenvalue weighted by Crippen LogP contribution is 2.23. The predicted molar refractivity (Wildman–Crippen MR) is 101 cm³/mol. The molecule has 0 atom stereocenters. The van der Waals surface area contributed by atoms with E-state index in [9.17, 15) is 13.2 Å². The minimum Gasteiger partial charge on any atom is -0.497 e. The molecule has 0 heterocycles. The molecule has 3 rings (SSSR count). The lowest BCUT2D eigenvalue weighted by molar-refractivity contribution is 0.103. The molecule has 0 aromatic heterocycles. The Morgan fingerprint density at radius 2 is 1.69 bits per heavy atom. The fraction of sp³-hybridized carbons (Fsp3) is 0.316. The zero-order valence-electron chi connectivity index (χ0n) is 14.6. The molecule has 0 spiro atoms. The van der Waals surface area contributed by atoms with Gasteiger partial charge in [0.25, 0.3) is 10.2 Å². The number of benzene rings is 2. The molecule has 2 aromatic rings. The number of hydrogen-bond donors (Lipinski definition) is 2. The van der Waals surface area contributed by atoms with Crippen LogP contribution in [0.3, 0.4) is 0 Å². The first-order valence-corrected chi connectivity index (χ1v) is 10.0. The maximum Gasteiger partial charge on any atom is 0.299 e. The van der Waals surface area contributed by atoms with Crippen LogP contribution in [0.15, 0.2) is 48.5 Å². The molecule has 0 radical (unpaired) electrons. The van der Waals surface area contributed by atoms with Gasteiger partial charge in [0.05, 0.1) is 12.8 Å². The molecule has 1 fully saturated rings. The van der Waals surface area contributed by atoms with Crippen LogP contribution >= 0.6 is 0 Å². The van der Waals surface area contributed by atoms with Crippen molar-refractivity contribution in [1.82, 2.24) is 4.72 Å². The number of hydrogen-bond acceptors (Lipinski definition) is 4. The van der Waals surface area contributed by atoms with Gasteiger partial charge in [0.15, 0.2) is 5.78 Å². The van der Waals surface area contributed by atoms with E-state index in [1.54, 1.807) is 55.6 Å². The molecule has 6 nitrogen and oxygen atoms in total. The van der Waals surface area contributed by atoms with Crippen LogP contribution in [-0.4, -0.2) is 27.4 Å². The van der Waals surface area contributed by atoms with Crippen molar-refractivity contribution < 1.29 is 17.9 Å². The molecule has 2 N–H and O–H groups in total. The number of para-hydroxylation sites is 1. The SMILES string of the molecule is COc1ccc(C(=O)c2ccccc2NS(=O)(=O)NC2CCCC2)cc1. The molecule has 0 amide bonds. The van der Waals surface area contributed by atoms with Crippen LogP contribution < -0.4 is 14.2 Å². The van der Waals surface area contributed by atoms with Gasteiger partial charge in [0.1, 0.15) is 5.75 Å². The van der Waals surface area contributed by atoms with Gasteiger partial charge in [-0.2, -0.15) is 13.1 Å². The Morgan fingerprint density at radius 1 is 1.04 bits per heavy atom. The highest BCUT2D eigenvalue weighted by Gasteiger charge is 2.23. The van der Waals surface area contributed by atoms with Gasteiger partial charge in [-0.3, -0.25) is 9.52 Å². The average molecular weight is 374 g/mol. The number of ketones is 1.